The maximum atomic E-state index is 2.63. The van der Waals surface area contributed by atoms with E-state index in [0.29, 0.717) is 0 Å². The van der Waals surface area contributed by atoms with Crippen LogP contribution < -0.4 is 0 Å². The van der Waals surface area contributed by atoms with Crippen LogP contribution in [-0.2, 0) is 0 Å². The molecule has 0 aromatic heterocycles. The van der Waals surface area contributed by atoms with E-state index < -0.39 is 0 Å². The molecule has 78 valence electrons. The lowest BCUT2D eigenvalue weighted by atomic mass is 10.0. The number of hydrogen-bond donors (Lipinski definition) is 0. The summed E-state index contributed by atoms with van der Waals surface area (Å²) < 4.78 is 0. The van der Waals surface area contributed by atoms with Crippen molar-refractivity contribution in [1.82, 2.24) is 4.90 Å². The molecule has 0 saturated carbocycles. The first-order valence-corrected chi connectivity index (χ1v) is 5.93. The van der Waals surface area contributed by atoms with Crippen LogP contribution in [0.1, 0.15) is 24.8 Å². The SMILES string of the molecule is C(=C1/CCN2CCC[C@H]12)/c1ccccc1. The van der Waals surface area contributed by atoms with Crippen LogP contribution in [-0.4, -0.2) is 24.0 Å². The van der Waals surface area contributed by atoms with E-state index in [0.717, 1.165) is 6.04 Å². The molecule has 0 unspecified atom stereocenters. The van der Waals surface area contributed by atoms with Gasteiger partial charge < -0.3 is 0 Å². The van der Waals surface area contributed by atoms with Crippen molar-refractivity contribution in [1.29, 1.82) is 0 Å². The summed E-state index contributed by atoms with van der Waals surface area (Å²) in [7, 11) is 0. The van der Waals surface area contributed by atoms with E-state index in [-0.39, 0.29) is 0 Å². The Kier molecular flexibility index (Phi) is 2.34. The van der Waals surface area contributed by atoms with Crippen LogP contribution >= 0.6 is 0 Å². The molecule has 2 fully saturated rings. The third kappa shape index (κ3) is 1.72. The molecular formula is C14H17N. The molecule has 0 bridgehead atoms. The van der Waals surface area contributed by atoms with E-state index in [2.05, 4.69) is 41.3 Å². The van der Waals surface area contributed by atoms with Crippen molar-refractivity contribution in [3.63, 3.8) is 0 Å². The highest BCUT2D eigenvalue weighted by molar-refractivity contribution is 5.55. The van der Waals surface area contributed by atoms with Crippen LogP contribution in [0.5, 0.6) is 0 Å². The third-order valence-electron chi connectivity index (χ3n) is 3.63. The Hall–Kier alpha value is -1.08. The first kappa shape index (κ1) is 9.17. The Balaban J connectivity index is 1.85. The van der Waals surface area contributed by atoms with E-state index in [4.69, 9.17) is 0 Å². The van der Waals surface area contributed by atoms with E-state index >= 15 is 0 Å². The van der Waals surface area contributed by atoms with Crippen LogP contribution in [0.4, 0.5) is 0 Å². The van der Waals surface area contributed by atoms with Crippen molar-refractivity contribution in [2.24, 2.45) is 0 Å². The minimum absolute atomic E-state index is 0.769. The molecule has 2 aliphatic rings. The van der Waals surface area contributed by atoms with E-state index in [1.165, 1.54) is 37.9 Å². The minimum Gasteiger partial charge on any atom is -0.296 e. The van der Waals surface area contributed by atoms with Crippen LogP contribution in [0.2, 0.25) is 0 Å². The first-order chi connectivity index (χ1) is 7.43. The molecule has 1 aromatic carbocycles. The number of hydrogen-bond acceptors (Lipinski definition) is 1. The predicted molar refractivity (Wildman–Crippen MR) is 63.6 cm³/mol. The normalized spacial score (nSPS) is 28.5. The van der Waals surface area contributed by atoms with Crippen molar-refractivity contribution in [3.05, 3.63) is 41.5 Å². The minimum atomic E-state index is 0.769. The molecule has 15 heavy (non-hydrogen) atoms. The number of fused-ring (bicyclic) bond motifs is 1. The summed E-state index contributed by atoms with van der Waals surface area (Å²) in [5.41, 5.74) is 3.01. The van der Waals surface area contributed by atoms with E-state index in [9.17, 15) is 0 Å². The molecule has 2 aliphatic heterocycles. The maximum absolute atomic E-state index is 2.63. The van der Waals surface area contributed by atoms with Gasteiger partial charge in [-0.25, -0.2) is 0 Å². The van der Waals surface area contributed by atoms with E-state index in [1.807, 2.05) is 0 Å². The topological polar surface area (TPSA) is 3.24 Å². The second-order valence-electron chi connectivity index (χ2n) is 4.57. The van der Waals surface area contributed by atoms with Gasteiger partial charge in [-0.05, 0) is 31.4 Å². The fourth-order valence-electron chi connectivity index (χ4n) is 2.88. The van der Waals surface area contributed by atoms with Crippen molar-refractivity contribution in [2.45, 2.75) is 25.3 Å². The van der Waals surface area contributed by atoms with Crippen molar-refractivity contribution >= 4 is 6.08 Å². The standard InChI is InChI=1S/C14H17N/c1-2-5-12(6-3-1)11-13-8-10-15-9-4-7-14(13)15/h1-3,5-6,11,14H,4,7-10H2/b13-11+/t14-/m1/s1. The Morgan fingerprint density at radius 1 is 1.13 bits per heavy atom. The highest BCUT2D eigenvalue weighted by Gasteiger charge is 2.32. The Labute approximate surface area is 91.4 Å². The zero-order valence-electron chi connectivity index (χ0n) is 9.02. The molecule has 0 radical (unpaired) electrons. The highest BCUT2D eigenvalue weighted by atomic mass is 15.2. The van der Waals surface area contributed by atoms with Crippen molar-refractivity contribution < 1.29 is 0 Å². The fraction of sp³-hybridized carbons (Fsp3) is 0.429. The molecule has 2 heterocycles. The Morgan fingerprint density at radius 2 is 2.00 bits per heavy atom. The zero-order valence-corrected chi connectivity index (χ0v) is 9.02. The molecule has 1 nitrogen and oxygen atoms in total. The van der Waals surface area contributed by atoms with Gasteiger partial charge in [0.05, 0.1) is 0 Å². The lowest BCUT2D eigenvalue weighted by molar-refractivity contribution is 0.339. The summed E-state index contributed by atoms with van der Waals surface area (Å²) in [5.74, 6) is 0. The van der Waals surface area contributed by atoms with Gasteiger partial charge in [-0.15, -0.1) is 0 Å². The molecule has 0 N–H and O–H groups in total. The van der Waals surface area contributed by atoms with Gasteiger partial charge in [0, 0.05) is 12.6 Å². The highest BCUT2D eigenvalue weighted by Crippen LogP contribution is 2.33. The van der Waals surface area contributed by atoms with Crippen LogP contribution in [0.25, 0.3) is 6.08 Å². The van der Waals surface area contributed by atoms with Gasteiger partial charge in [-0.3, -0.25) is 4.90 Å². The van der Waals surface area contributed by atoms with Gasteiger partial charge in [0.1, 0.15) is 0 Å². The average molecular weight is 199 g/mol. The molecule has 3 rings (SSSR count). The van der Waals surface area contributed by atoms with Crippen molar-refractivity contribution in [3.8, 4) is 0 Å². The average Bonchev–Trinajstić information content (AvgIpc) is 2.85. The number of rotatable bonds is 1. The number of benzene rings is 1. The molecule has 1 aromatic rings. The van der Waals surface area contributed by atoms with Gasteiger partial charge in [-0.2, -0.15) is 0 Å². The smallest absolute Gasteiger partial charge is 0.0311 e. The summed E-state index contributed by atoms with van der Waals surface area (Å²) in [6.07, 6.45) is 6.44. The zero-order chi connectivity index (χ0) is 10.1. The van der Waals surface area contributed by atoms with Gasteiger partial charge in [-0.1, -0.05) is 42.0 Å². The predicted octanol–water partition coefficient (Wildman–Crippen LogP) is 2.94. The molecular weight excluding hydrogens is 182 g/mol. The third-order valence-corrected chi connectivity index (χ3v) is 3.63. The van der Waals surface area contributed by atoms with Crippen LogP contribution in [0.3, 0.4) is 0 Å². The lowest BCUT2D eigenvalue weighted by Crippen LogP contribution is -2.22. The molecule has 0 aliphatic carbocycles. The second kappa shape index (κ2) is 3.82. The van der Waals surface area contributed by atoms with E-state index in [1.54, 1.807) is 5.57 Å². The summed E-state index contributed by atoms with van der Waals surface area (Å²) in [4.78, 5) is 2.63. The summed E-state index contributed by atoms with van der Waals surface area (Å²) in [5, 5.41) is 0. The summed E-state index contributed by atoms with van der Waals surface area (Å²) in [6, 6.07) is 11.5. The first-order valence-electron chi connectivity index (χ1n) is 5.93. The number of nitrogens with zero attached hydrogens (tertiary/aromatic N) is 1. The second-order valence-corrected chi connectivity index (χ2v) is 4.57. The Morgan fingerprint density at radius 3 is 2.87 bits per heavy atom. The monoisotopic (exact) mass is 199 g/mol. The van der Waals surface area contributed by atoms with Gasteiger partial charge in [0.15, 0.2) is 0 Å². The van der Waals surface area contributed by atoms with Crippen LogP contribution in [0.15, 0.2) is 35.9 Å². The lowest BCUT2D eigenvalue weighted by Gasteiger charge is -2.14. The maximum Gasteiger partial charge on any atom is 0.0311 e. The summed E-state index contributed by atoms with van der Waals surface area (Å²) >= 11 is 0. The molecule has 2 saturated heterocycles. The quantitative estimate of drug-likeness (QED) is 0.672. The fourth-order valence-corrected chi connectivity index (χ4v) is 2.88. The summed E-state index contributed by atoms with van der Waals surface area (Å²) in [6.45, 7) is 2.60. The van der Waals surface area contributed by atoms with Gasteiger partial charge >= 0.3 is 0 Å². The van der Waals surface area contributed by atoms with Crippen molar-refractivity contribution in [2.75, 3.05) is 13.1 Å². The largest absolute Gasteiger partial charge is 0.296 e. The molecule has 1 heteroatoms. The van der Waals surface area contributed by atoms with Gasteiger partial charge in [0.2, 0.25) is 0 Å². The van der Waals surface area contributed by atoms with Crippen LogP contribution in [0, 0.1) is 0 Å². The Bertz CT molecular complexity index is 366. The molecule has 0 spiro atoms. The van der Waals surface area contributed by atoms with Gasteiger partial charge in [0.25, 0.3) is 0 Å². The molecule has 1 atom stereocenters. The molecule has 0 amide bonds.